The maximum absolute atomic E-state index is 10.9. The van der Waals surface area contributed by atoms with E-state index in [2.05, 4.69) is 0 Å². The first-order valence-electron chi connectivity index (χ1n) is 3.90. The van der Waals surface area contributed by atoms with Crippen LogP contribution in [-0.4, -0.2) is 26.5 Å². The second-order valence-corrected chi connectivity index (χ2v) is 5.72. The highest BCUT2D eigenvalue weighted by Gasteiger charge is 2.24. The highest BCUT2D eigenvalue weighted by atomic mass is 32.2. The van der Waals surface area contributed by atoms with Gasteiger partial charge in [0.05, 0.1) is 5.75 Å². The van der Waals surface area contributed by atoms with Gasteiger partial charge in [0.15, 0.2) is 0 Å². The monoisotopic (exact) mass is 177 g/mol. The summed E-state index contributed by atoms with van der Waals surface area (Å²) in [7, 11) is -2.79. The van der Waals surface area contributed by atoms with E-state index in [-0.39, 0.29) is 6.04 Å². The minimum Gasteiger partial charge on any atom is -0.328 e. The normalized spacial score (nSPS) is 32.5. The Morgan fingerprint density at radius 3 is 2.45 bits per heavy atom. The molecule has 11 heavy (non-hydrogen) atoms. The van der Waals surface area contributed by atoms with Crippen LogP contribution in [0, 0.1) is 5.92 Å². The van der Waals surface area contributed by atoms with Crippen molar-refractivity contribution in [2.75, 3.05) is 12.0 Å². The van der Waals surface area contributed by atoms with E-state index >= 15 is 0 Å². The summed E-state index contributed by atoms with van der Waals surface area (Å²) in [5.41, 5.74) is 5.65. The lowest BCUT2D eigenvalue weighted by Crippen LogP contribution is -2.17. The van der Waals surface area contributed by atoms with E-state index in [4.69, 9.17) is 5.73 Å². The van der Waals surface area contributed by atoms with Crippen LogP contribution in [0.15, 0.2) is 0 Å². The first-order chi connectivity index (χ1) is 4.97. The molecule has 1 aliphatic rings. The number of nitrogens with two attached hydrogens (primary N) is 1. The molecule has 0 aromatic rings. The van der Waals surface area contributed by atoms with Crippen molar-refractivity contribution in [2.24, 2.45) is 11.7 Å². The topological polar surface area (TPSA) is 60.2 Å². The quantitative estimate of drug-likeness (QED) is 0.653. The first kappa shape index (κ1) is 9.00. The maximum Gasteiger partial charge on any atom is 0.147 e. The van der Waals surface area contributed by atoms with Crippen molar-refractivity contribution >= 4 is 9.84 Å². The first-order valence-corrected chi connectivity index (χ1v) is 5.97. The van der Waals surface area contributed by atoms with Gasteiger partial charge >= 0.3 is 0 Å². The average molecular weight is 177 g/mol. The van der Waals surface area contributed by atoms with Crippen molar-refractivity contribution in [1.82, 2.24) is 0 Å². The molecule has 2 N–H and O–H groups in total. The predicted molar refractivity (Wildman–Crippen MR) is 45.0 cm³/mol. The molecule has 1 fully saturated rings. The lowest BCUT2D eigenvalue weighted by atomic mass is 10.1. The fourth-order valence-electron chi connectivity index (χ4n) is 1.69. The van der Waals surface area contributed by atoms with E-state index in [1.54, 1.807) is 0 Å². The van der Waals surface area contributed by atoms with Crippen molar-refractivity contribution < 1.29 is 8.42 Å². The Balaban J connectivity index is 2.41. The van der Waals surface area contributed by atoms with Crippen molar-refractivity contribution in [3.8, 4) is 0 Å². The van der Waals surface area contributed by atoms with E-state index in [0.29, 0.717) is 11.7 Å². The van der Waals surface area contributed by atoms with Gasteiger partial charge in [0, 0.05) is 12.3 Å². The van der Waals surface area contributed by atoms with Crippen LogP contribution in [0.3, 0.4) is 0 Å². The summed E-state index contributed by atoms with van der Waals surface area (Å²) in [6, 6.07) is 0.238. The zero-order chi connectivity index (χ0) is 8.48. The molecular formula is C7H15NO2S. The largest absolute Gasteiger partial charge is 0.328 e. The molecule has 0 heterocycles. The predicted octanol–water partition coefficient (Wildman–Crippen LogP) is 0.158. The van der Waals surface area contributed by atoms with E-state index in [0.717, 1.165) is 19.3 Å². The van der Waals surface area contributed by atoms with E-state index in [1.807, 2.05) is 0 Å². The molecule has 0 amide bonds. The van der Waals surface area contributed by atoms with Crippen LogP contribution in [0.1, 0.15) is 19.3 Å². The molecule has 0 aliphatic heterocycles. The molecule has 0 saturated heterocycles. The van der Waals surface area contributed by atoms with Crippen LogP contribution in [0.4, 0.5) is 0 Å². The second kappa shape index (κ2) is 3.11. The molecule has 0 spiro atoms. The summed E-state index contributed by atoms with van der Waals surface area (Å²) < 4.78 is 21.7. The summed E-state index contributed by atoms with van der Waals surface area (Å²) in [5.74, 6) is 0.640. The zero-order valence-electron chi connectivity index (χ0n) is 6.79. The molecule has 2 atom stereocenters. The smallest absolute Gasteiger partial charge is 0.147 e. The molecule has 66 valence electrons. The highest BCUT2D eigenvalue weighted by molar-refractivity contribution is 7.90. The molecule has 1 aliphatic carbocycles. The minimum atomic E-state index is -2.79. The summed E-state index contributed by atoms with van der Waals surface area (Å²) in [6.45, 7) is 0. The molecular weight excluding hydrogens is 162 g/mol. The molecule has 0 aromatic carbocycles. The lowest BCUT2D eigenvalue weighted by molar-refractivity contribution is 0.557. The standard InChI is InChI=1S/C7H15NO2S/c1-11(9,10)5-6-2-3-7(8)4-6/h6-7H,2-5,8H2,1H3/t6-,7+/m1/s1. The Morgan fingerprint density at radius 2 is 2.09 bits per heavy atom. The van der Waals surface area contributed by atoms with Crippen molar-refractivity contribution in [1.29, 1.82) is 0 Å². The molecule has 0 radical (unpaired) electrons. The molecule has 0 bridgehead atoms. The Kier molecular flexibility index (Phi) is 2.54. The van der Waals surface area contributed by atoms with Gasteiger partial charge < -0.3 is 5.73 Å². The fourth-order valence-corrected chi connectivity index (χ4v) is 2.85. The van der Waals surface area contributed by atoms with Crippen molar-refractivity contribution in [3.05, 3.63) is 0 Å². The van der Waals surface area contributed by atoms with Gasteiger partial charge in [-0.15, -0.1) is 0 Å². The lowest BCUT2D eigenvalue weighted by Gasteiger charge is -2.06. The fraction of sp³-hybridized carbons (Fsp3) is 1.00. The van der Waals surface area contributed by atoms with Crippen LogP contribution >= 0.6 is 0 Å². The maximum atomic E-state index is 10.9. The zero-order valence-corrected chi connectivity index (χ0v) is 7.60. The van der Waals surface area contributed by atoms with Gasteiger partial charge in [-0.1, -0.05) is 0 Å². The Bertz CT molecular complexity index is 223. The van der Waals surface area contributed by atoms with Crippen LogP contribution in [0.2, 0.25) is 0 Å². The van der Waals surface area contributed by atoms with Gasteiger partial charge in [-0.25, -0.2) is 8.42 Å². The van der Waals surface area contributed by atoms with Crippen LogP contribution in [0.25, 0.3) is 0 Å². The van der Waals surface area contributed by atoms with Gasteiger partial charge in [0.25, 0.3) is 0 Å². The molecule has 4 heteroatoms. The third kappa shape index (κ3) is 3.20. The number of hydrogen-bond donors (Lipinski definition) is 1. The Labute approximate surface area is 67.9 Å². The van der Waals surface area contributed by atoms with Crippen LogP contribution in [-0.2, 0) is 9.84 Å². The third-order valence-electron chi connectivity index (χ3n) is 2.12. The highest BCUT2D eigenvalue weighted by Crippen LogP contribution is 2.24. The summed E-state index contributed by atoms with van der Waals surface area (Å²) in [5, 5.41) is 0. The van der Waals surface area contributed by atoms with E-state index in [1.165, 1.54) is 6.26 Å². The van der Waals surface area contributed by atoms with Crippen molar-refractivity contribution in [2.45, 2.75) is 25.3 Å². The molecule has 0 aromatic heterocycles. The third-order valence-corrected chi connectivity index (χ3v) is 3.20. The minimum absolute atomic E-state index is 0.238. The van der Waals surface area contributed by atoms with Gasteiger partial charge in [-0.2, -0.15) is 0 Å². The van der Waals surface area contributed by atoms with E-state index < -0.39 is 9.84 Å². The van der Waals surface area contributed by atoms with Gasteiger partial charge in [0.2, 0.25) is 0 Å². The van der Waals surface area contributed by atoms with Crippen molar-refractivity contribution in [3.63, 3.8) is 0 Å². The second-order valence-electron chi connectivity index (χ2n) is 3.53. The van der Waals surface area contributed by atoms with Crippen LogP contribution < -0.4 is 5.73 Å². The summed E-state index contributed by atoms with van der Waals surface area (Å²) >= 11 is 0. The van der Waals surface area contributed by atoms with Gasteiger partial charge in [-0.3, -0.25) is 0 Å². The molecule has 1 saturated carbocycles. The van der Waals surface area contributed by atoms with Crippen LogP contribution in [0.5, 0.6) is 0 Å². The molecule has 3 nitrogen and oxygen atoms in total. The SMILES string of the molecule is CS(=O)(=O)C[C@@H]1CC[C@H](N)C1. The number of hydrogen-bond acceptors (Lipinski definition) is 3. The van der Waals surface area contributed by atoms with Gasteiger partial charge in [-0.05, 0) is 25.2 Å². The Morgan fingerprint density at radius 1 is 1.45 bits per heavy atom. The molecule has 1 rings (SSSR count). The Hall–Kier alpha value is -0.0900. The average Bonchev–Trinajstić information content (AvgIpc) is 2.10. The molecule has 0 unspecified atom stereocenters. The number of sulfone groups is 1. The van der Waals surface area contributed by atoms with Gasteiger partial charge in [0.1, 0.15) is 9.84 Å². The number of rotatable bonds is 2. The van der Waals surface area contributed by atoms with E-state index in [9.17, 15) is 8.42 Å². The summed E-state index contributed by atoms with van der Waals surface area (Å²) in [4.78, 5) is 0. The summed E-state index contributed by atoms with van der Waals surface area (Å²) in [6.07, 6.45) is 4.14.